The SMILES string of the molecule is Cc1cn(C)c2ccc(O)cc12. The van der Waals surface area contributed by atoms with E-state index in [4.69, 9.17) is 0 Å². The van der Waals surface area contributed by atoms with Crippen LogP contribution in [0, 0.1) is 6.92 Å². The topological polar surface area (TPSA) is 25.2 Å². The van der Waals surface area contributed by atoms with Gasteiger partial charge in [0.2, 0.25) is 0 Å². The summed E-state index contributed by atoms with van der Waals surface area (Å²) in [6.07, 6.45) is 2.06. The molecule has 1 aromatic carbocycles. The van der Waals surface area contributed by atoms with E-state index in [0.29, 0.717) is 5.75 Å². The highest BCUT2D eigenvalue weighted by Gasteiger charge is 2.02. The Hall–Kier alpha value is -1.44. The lowest BCUT2D eigenvalue weighted by molar-refractivity contribution is 0.476. The van der Waals surface area contributed by atoms with Crippen molar-refractivity contribution in [2.24, 2.45) is 7.05 Å². The van der Waals surface area contributed by atoms with Gasteiger partial charge in [-0.25, -0.2) is 0 Å². The van der Waals surface area contributed by atoms with Crippen LogP contribution in [0.25, 0.3) is 10.9 Å². The molecule has 0 aliphatic carbocycles. The smallest absolute Gasteiger partial charge is 0.116 e. The van der Waals surface area contributed by atoms with E-state index in [9.17, 15) is 5.11 Å². The average Bonchev–Trinajstić information content (AvgIpc) is 2.28. The third-order valence-corrected chi connectivity index (χ3v) is 2.17. The maximum atomic E-state index is 9.25. The summed E-state index contributed by atoms with van der Waals surface area (Å²) in [5.41, 5.74) is 2.36. The van der Waals surface area contributed by atoms with Crippen molar-refractivity contribution in [2.45, 2.75) is 6.92 Å². The Bertz CT molecular complexity index is 429. The lowest BCUT2D eigenvalue weighted by Gasteiger charge is -1.95. The molecule has 1 aromatic heterocycles. The summed E-state index contributed by atoms with van der Waals surface area (Å²) >= 11 is 0. The number of aromatic nitrogens is 1. The fourth-order valence-corrected chi connectivity index (χ4v) is 1.58. The minimum atomic E-state index is 0.330. The fourth-order valence-electron chi connectivity index (χ4n) is 1.58. The fraction of sp³-hybridized carbons (Fsp3) is 0.200. The molecule has 2 nitrogen and oxygen atoms in total. The summed E-state index contributed by atoms with van der Waals surface area (Å²) in [5.74, 6) is 0.330. The zero-order valence-electron chi connectivity index (χ0n) is 7.20. The molecule has 2 heteroatoms. The second kappa shape index (κ2) is 2.27. The summed E-state index contributed by atoms with van der Waals surface area (Å²) in [6, 6.07) is 5.43. The van der Waals surface area contributed by atoms with Gasteiger partial charge < -0.3 is 9.67 Å². The van der Waals surface area contributed by atoms with Gasteiger partial charge in [0.1, 0.15) is 5.75 Å². The van der Waals surface area contributed by atoms with Crippen LogP contribution in [-0.4, -0.2) is 9.67 Å². The molecule has 0 saturated heterocycles. The van der Waals surface area contributed by atoms with Crippen molar-refractivity contribution in [2.75, 3.05) is 0 Å². The van der Waals surface area contributed by atoms with Gasteiger partial charge in [-0.2, -0.15) is 0 Å². The van der Waals surface area contributed by atoms with Crippen molar-refractivity contribution >= 4 is 10.9 Å². The zero-order chi connectivity index (χ0) is 8.72. The summed E-state index contributed by atoms with van der Waals surface area (Å²) < 4.78 is 2.06. The first kappa shape index (κ1) is 7.22. The highest BCUT2D eigenvalue weighted by molar-refractivity contribution is 5.84. The van der Waals surface area contributed by atoms with E-state index in [1.54, 1.807) is 12.1 Å². The summed E-state index contributed by atoms with van der Waals surface area (Å²) in [5, 5.41) is 10.4. The molecule has 62 valence electrons. The van der Waals surface area contributed by atoms with Crippen LogP contribution in [0.3, 0.4) is 0 Å². The van der Waals surface area contributed by atoms with E-state index in [1.807, 2.05) is 20.0 Å². The number of rotatable bonds is 0. The standard InChI is InChI=1S/C10H11NO/c1-7-6-11(2)10-4-3-8(12)5-9(7)10/h3-6,12H,1-2H3. The van der Waals surface area contributed by atoms with Crippen molar-refractivity contribution < 1.29 is 5.11 Å². The Morgan fingerprint density at radius 1 is 1.33 bits per heavy atom. The van der Waals surface area contributed by atoms with Gasteiger partial charge in [0.05, 0.1) is 0 Å². The number of fused-ring (bicyclic) bond motifs is 1. The predicted molar refractivity (Wildman–Crippen MR) is 49.3 cm³/mol. The second-order valence-corrected chi connectivity index (χ2v) is 3.12. The van der Waals surface area contributed by atoms with Gasteiger partial charge >= 0.3 is 0 Å². The largest absolute Gasteiger partial charge is 0.508 e. The minimum absolute atomic E-state index is 0.330. The molecule has 0 unspecified atom stereocenters. The molecule has 1 heterocycles. The Kier molecular flexibility index (Phi) is 1.37. The van der Waals surface area contributed by atoms with E-state index < -0.39 is 0 Å². The lowest BCUT2D eigenvalue weighted by atomic mass is 10.2. The number of benzene rings is 1. The molecule has 0 amide bonds. The van der Waals surface area contributed by atoms with Crippen LogP contribution in [0.2, 0.25) is 0 Å². The molecule has 2 aromatic rings. The Labute approximate surface area is 71.1 Å². The van der Waals surface area contributed by atoms with E-state index in [1.165, 1.54) is 5.56 Å². The summed E-state index contributed by atoms with van der Waals surface area (Å²) in [4.78, 5) is 0. The van der Waals surface area contributed by atoms with Crippen LogP contribution in [-0.2, 0) is 7.05 Å². The molecule has 0 aliphatic heterocycles. The van der Waals surface area contributed by atoms with Crippen LogP contribution >= 0.6 is 0 Å². The number of hydrogen-bond acceptors (Lipinski definition) is 1. The molecule has 0 radical (unpaired) electrons. The first-order chi connectivity index (χ1) is 5.68. The molecule has 2 rings (SSSR count). The number of phenols is 1. The van der Waals surface area contributed by atoms with Crippen LogP contribution in [0.5, 0.6) is 5.75 Å². The first-order valence-electron chi connectivity index (χ1n) is 3.93. The minimum Gasteiger partial charge on any atom is -0.508 e. The van der Waals surface area contributed by atoms with Crippen molar-refractivity contribution in [1.29, 1.82) is 0 Å². The molecule has 0 fully saturated rings. The van der Waals surface area contributed by atoms with Gasteiger partial charge in [0, 0.05) is 24.1 Å². The maximum absolute atomic E-state index is 9.25. The number of aromatic hydroxyl groups is 1. The quantitative estimate of drug-likeness (QED) is 0.629. The zero-order valence-corrected chi connectivity index (χ0v) is 7.20. The first-order valence-corrected chi connectivity index (χ1v) is 3.93. The van der Waals surface area contributed by atoms with Crippen LogP contribution < -0.4 is 0 Å². The molecule has 0 bridgehead atoms. The van der Waals surface area contributed by atoms with Gasteiger partial charge in [0.25, 0.3) is 0 Å². The number of hydrogen-bond donors (Lipinski definition) is 1. The van der Waals surface area contributed by atoms with Crippen molar-refractivity contribution in [3.8, 4) is 5.75 Å². The van der Waals surface area contributed by atoms with Gasteiger partial charge in [0.15, 0.2) is 0 Å². The highest BCUT2D eigenvalue weighted by atomic mass is 16.3. The number of aryl methyl sites for hydroxylation is 2. The Morgan fingerprint density at radius 3 is 2.83 bits per heavy atom. The van der Waals surface area contributed by atoms with Crippen LogP contribution in [0.4, 0.5) is 0 Å². The third kappa shape index (κ3) is 0.881. The second-order valence-electron chi connectivity index (χ2n) is 3.12. The Balaban J connectivity index is 2.90. The third-order valence-electron chi connectivity index (χ3n) is 2.17. The molecule has 0 atom stereocenters. The summed E-state index contributed by atoms with van der Waals surface area (Å²) in [7, 11) is 2.01. The van der Waals surface area contributed by atoms with Crippen LogP contribution in [0.15, 0.2) is 24.4 Å². The predicted octanol–water partition coefficient (Wildman–Crippen LogP) is 2.19. The van der Waals surface area contributed by atoms with E-state index in [2.05, 4.69) is 10.8 Å². The molecule has 0 saturated carbocycles. The maximum Gasteiger partial charge on any atom is 0.116 e. The van der Waals surface area contributed by atoms with Crippen molar-refractivity contribution in [3.63, 3.8) is 0 Å². The average molecular weight is 161 g/mol. The van der Waals surface area contributed by atoms with E-state index in [-0.39, 0.29) is 0 Å². The lowest BCUT2D eigenvalue weighted by Crippen LogP contribution is -1.81. The van der Waals surface area contributed by atoms with E-state index >= 15 is 0 Å². The van der Waals surface area contributed by atoms with Crippen LogP contribution in [0.1, 0.15) is 5.56 Å². The van der Waals surface area contributed by atoms with Gasteiger partial charge in [-0.15, -0.1) is 0 Å². The van der Waals surface area contributed by atoms with Crippen molar-refractivity contribution in [1.82, 2.24) is 4.57 Å². The molecular formula is C10H11NO. The van der Waals surface area contributed by atoms with Gasteiger partial charge in [-0.05, 0) is 30.7 Å². The monoisotopic (exact) mass is 161 g/mol. The number of nitrogens with zero attached hydrogens (tertiary/aromatic N) is 1. The van der Waals surface area contributed by atoms with Gasteiger partial charge in [-0.3, -0.25) is 0 Å². The molecule has 0 spiro atoms. The number of phenolic OH excluding ortho intramolecular Hbond substituents is 1. The molecule has 12 heavy (non-hydrogen) atoms. The molecular weight excluding hydrogens is 150 g/mol. The van der Waals surface area contributed by atoms with Gasteiger partial charge in [-0.1, -0.05) is 0 Å². The molecule has 0 aliphatic rings. The van der Waals surface area contributed by atoms with E-state index in [0.717, 1.165) is 10.9 Å². The molecule has 1 N–H and O–H groups in total. The highest BCUT2D eigenvalue weighted by Crippen LogP contribution is 2.23. The van der Waals surface area contributed by atoms with Crippen molar-refractivity contribution in [3.05, 3.63) is 30.0 Å². The normalized spacial score (nSPS) is 10.8. The summed E-state index contributed by atoms with van der Waals surface area (Å²) in [6.45, 7) is 2.04. The Morgan fingerprint density at radius 2 is 2.08 bits per heavy atom.